The van der Waals surface area contributed by atoms with Crippen molar-refractivity contribution in [2.45, 2.75) is 13.8 Å². The van der Waals surface area contributed by atoms with E-state index in [1.807, 2.05) is 6.07 Å². The van der Waals surface area contributed by atoms with Crippen molar-refractivity contribution in [2.75, 3.05) is 0 Å². The highest BCUT2D eigenvalue weighted by Gasteiger charge is 2.20. The molecule has 0 aliphatic heterocycles. The van der Waals surface area contributed by atoms with Crippen molar-refractivity contribution in [2.24, 2.45) is 0 Å². The van der Waals surface area contributed by atoms with E-state index in [4.69, 9.17) is 4.42 Å². The van der Waals surface area contributed by atoms with Crippen LogP contribution in [0.15, 0.2) is 180 Å². The summed E-state index contributed by atoms with van der Waals surface area (Å²) in [6.07, 6.45) is 0. The highest BCUT2D eigenvalue weighted by atomic mass is 16.3. The van der Waals surface area contributed by atoms with Gasteiger partial charge in [0.15, 0.2) is 0 Å². The standard InChI is InChI=1S/C52H35NO/c1-32-18-22-34(23-19-32)50-41-12-3-4-13-42(41)51(35-24-20-33(2)21-25-35)46-31-37(27-28-43(46)50)53-47-16-7-5-10-39(47)45-30-36(26-29-48(45)53)38-14-9-15-44-40-11-6-8-17-49(40)54-52(38)44/h3-31H,1-2H3. The van der Waals surface area contributed by atoms with E-state index < -0.39 is 0 Å². The first-order chi connectivity index (χ1) is 26.6. The first-order valence-electron chi connectivity index (χ1n) is 18.7. The smallest absolute Gasteiger partial charge is 0.143 e. The number of para-hydroxylation sites is 3. The molecule has 11 aromatic rings. The van der Waals surface area contributed by atoms with Crippen LogP contribution in [0.3, 0.4) is 0 Å². The Hall–Kier alpha value is -6.90. The number of aryl methyl sites for hydroxylation is 2. The van der Waals surface area contributed by atoms with Crippen LogP contribution < -0.4 is 0 Å². The number of benzene rings is 9. The van der Waals surface area contributed by atoms with Crippen molar-refractivity contribution in [3.05, 3.63) is 187 Å². The molecular formula is C52H35NO. The summed E-state index contributed by atoms with van der Waals surface area (Å²) in [6, 6.07) is 64.4. The van der Waals surface area contributed by atoms with Gasteiger partial charge in [-0.15, -0.1) is 0 Å². The normalized spacial score (nSPS) is 11.9. The molecule has 0 spiro atoms. The fraction of sp³-hybridized carbons (Fsp3) is 0.0385. The first kappa shape index (κ1) is 30.7. The summed E-state index contributed by atoms with van der Waals surface area (Å²) in [7, 11) is 0. The summed E-state index contributed by atoms with van der Waals surface area (Å²) in [5, 5.41) is 9.74. The van der Waals surface area contributed by atoms with E-state index in [1.165, 1.54) is 76.7 Å². The number of hydrogen-bond acceptors (Lipinski definition) is 1. The van der Waals surface area contributed by atoms with Gasteiger partial charge in [-0.3, -0.25) is 0 Å². The Labute approximate surface area is 313 Å². The van der Waals surface area contributed by atoms with Gasteiger partial charge in [0, 0.05) is 32.8 Å². The Kier molecular flexibility index (Phi) is 6.72. The Balaban J connectivity index is 1.19. The topological polar surface area (TPSA) is 18.1 Å². The van der Waals surface area contributed by atoms with E-state index >= 15 is 0 Å². The second kappa shape index (κ2) is 11.8. The lowest BCUT2D eigenvalue weighted by Gasteiger charge is -2.19. The zero-order chi connectivity index (χ0) is 35.9. The van der Waals surface area contributed by atoms with Crippen LogP contribution in [0.5, 0.6) is 0 Å². The van der Waals surface area contributed by atoms with Crippen molar-refractivity contribution in [3.63, 3.8) is 0 Å². The fourth-order valence-electron chi connectivity index (χ4n) is 8.76. The molecule has 0 aliphatic carbocycles. The molecule has 0 saturated carbocycles. The highest BCUT2D eigenvalue weighted by molar-refractivity contribution is 6.22. The summed E-state index contributed by atoms with van der Waals surface area (Å²) in [5.41, 5.74) is 15.1. The SMILES string of the molecule is Cc1ccc(-c2c3ccccc3c(-c3ccc(C)cc3)c3cc(-n4c5ccccc5c5cc(-c6cccc7c6oc6ccccc67)ccc54)ccc23)cc1. The summed E-state index contributed by atoms with van der Waals surface area (Å²) >= 11 is 0. The molecule has 54 heavy (non-hydrogen) atoms. The zero-order valence-corrected chi connectivity index (χ0v) is 30.1. The molecular weight excluding hydrogens is 655 g/mol. The molecule has 0 bridgehead atoms. The monoisotopic (exact) mass is 689 g/mol. The molecule has 0 atom stereocenters. The van der Waals surface area contributed by atoms with E-state index in [-0.39, 0.29) is 0 Å². The van der Waals surface area contributed by atoms with Gasteiger partial charge in [0.2, 0.25) is 0 Å². The van der Waals surface area contributed by atoms with Crippen LogP contribution in [0, 0.1) is 13.8 Å². The number of hydrogen-bond donors (Lipinski definition) is 0. The van der Waals surface area contributed by atoms with Gasteiger partial charge in [0.25, 0.3) is 0 Å². The Morgan fingerprint density at radius 3 is 1.65 bits per heavy atom. The summed E-state index contributed by atoms with van der Waals surface area (Å²) in [5.74, 6) is 0. The Bertz CT molecular complexity index is 3270. The minimum atomic E-state index is 0.914. The average Bonchev–Trinajstić information content (AvgIpc) is 3.76. The van der Waals surface area contributed by atoms with Gasteiger partial charge in [0.05, 0.1) is 11.0 Å². The van der Waals surface area contributed by atoms with Crippen molar-refractivity contribution in [1.29, 1.82) is 0 Å². The number of aromatic nitrogens is 1. The van der Waals surface area contributed by atoms with Crippen LogP contribution in [0.2, 0.25) is 0 Å². The number of nitrogens with zero attached hydrogens (tertiary/aromatic N) is 1. The van der Waals surface area contributed by atoms with Gasteiger partial charge in [-0.2, -0.15) is 0 Å². The van der Waals surface area contributed by atoms with E-state index in [0.717, 1.165) is 38.8 Å². The molecule has 0 saturated heterocycles. The Morgan fingerprint density at radius 1 is 0.370 bits per heavy atom. The second-order valence-electron chi connectivity index (χ2n) is 14.6. The molecule has 0 N–H and O–H groups in total. The predicted octanol–water partition coefficient (Wildman–Crippen LogP) is 14.6. The fourth-order valence-corrected chi connectivity index (χ4v) is 8.76. The second-order valence-corrected chi connectivity index (χ2v) is 14.6. The van der Waals surface area contributed by atoms with Gasteiger partial charge in [-0.1, -0.05) is 151 Å². The number of furan rings is 1. The van der Waals surface area contributed by atoms with Crippen molar-refractivity contribution >= 4 is 65.3 Å². The third kappa shape index (κ3) is 4.60. The minimum Gasteiger partial charge on any atom is -0.455 e. The number of fused-ring (bicyclic) bond motifs is 8. The van der Waals surface area contributed by atoms with E-state index in [2.05, 4.69) is 188 Å². The molecule has 11 rings (SSSR count). The van der Waals surface area contributed by atoms with Gasteiger partial charge in [-0.25, -0.2) is 0 Å². The van der Waals surface area contributed by atoms with Gasteiger partial charge < -0.3 is 8.98 Å². The first-order valence-corrected chi connectivity index (χ1v) is 18.7. The molecule has 0 unspecified atom stereocenters. The van der Waals surface area contributed by atoms with Crippen LogP contribution >= 0.6 is 0 Å². The van der Waals surface area contributed by atoms with Crippen LogP contribution in [-0.2, 0) is 0 Å². The summed E-state index contributed by atoms with van der Waals surface area (Å²) in [4.78, 5) is 0. The third-order valence-electron chi connectivity index (χ3n) is 11.3. The van der Waals surface area contributed by atoms with Crippen LogP contribution in [-0.4, -0.2) is 4.57 Å². The van der Waals surface area contributed by atoms with Crippen LogP contribution in [0.1, 0.15) is 11.1 Å². The average molecular weight is 690 g/mol. The van der Waals surface area contributed by atoms with Crippen LogP contribution in [0.25, 0.3) is 104 Å². The summed E-state index contributed by atoms with van der Waals surface area (Å²) in [6.45, 7) is 4.31. The third-order valence-corrected chi connectivity index (χ3v) is 11.3. The quantitative estimate of drug-likeness (QED) is 0.168. The van der Waals surface area contributed by atoms with Crippen molar-refractivity contribution < 1.29 is 4.42 Å². The molecule has 2 nitrogen and oxygen atoms in total. The molecule has 0 radical (unpaired) electrons. The van der Waals surface area contributed by atoms with E-state index in [1.54, 1.807) is 0 Å². The van der Waals surface area contributed by atoms with E-state index in [9.17, 15) is 0 Å². The van der Waals surface area contributed by atoms with Crippen molar-refractivity contribution in [1.82, 2.24) is 4.57 Å². The maximum Gasteiger partial charge on any atom is 0.143 e. The zero-order valence-electron chi connectivity index (χ0n) is 30.1. The molecule has 2 heteroatoms. The number of rotatable bonds is 4. The Morgan fingerprint density at radius 2 is 0.926 bits per heavy atom. The molecule has 0 aliphatic rings. The lowest BCUT2D eigenvalue weighted by atomic mass is 9.85. The maximum atomic E-state index is 6.48. The molecule has 2 heterocycles. The van der Waals surface area contributed by atoms with Gasteiger partial charge >= 0.3 is 0 Å². The lowest BCUT2D eigenvalue weighted by molar-refractivity contribution is 0.670. The lowest BCUT2D eigenvalue weighted by Crippen LogP contribution is -1.96. The maximum absolute atomic E-state index is 6.48. The predicted molar refractivity (Wildman–Crippen MR) is 229 cm³/mol. The van der Waals surface area contributed by atoms with Crippen molar-refractivity contribution in [3.8, 4) is 39.1 Å². The minimum absolute atomic E-state index is 0.914. The van der Waals surface area contributed by atoms with Crippen LogP contribution in [0.4, 0.5) is 0 Å². The molecule has 0 fully saturated rings. The van der Waals surface area contributed by atoms with Gasteiger partial charge in [-0.05, 0) is 99.6 Å². The molecule has 2 aromatic heterocycles. The highest BCUT2D eigenvalue weighted by Crippen LogP contribution is 2.45. The van der Waals surface area contributed by atoms with Gasteiger partial charge in [0.1, 0.15) is 11.2 Å². The summed E-state index contributed by atoms with van der Waals surface area (Å²) < 4.78 is 8.92. The van der Waals surface area contributed by atoms with E-state index in [0.29, 0.717) is 0 Å². The molecule has 0 amide bonds. The molecule has 254 valence electrons. The molecule has 9 aromatic carbocycles. The largest absolute Gasteiger partial charge is 0.455 e.